The standard InChI is InChI=1S/C17H16N4/c18-13(17-20-15-7-3-4-8-16(15)21-17)9-11-10-19-14-6-2-1-5-12(11)14/h1-8,10,13,19H,9,18H2,(H,20,21)/t13-/m0/s1. The van der Waals surface area contributed by atoms with Crippen LogP contribution in [-0.4, -0.2) is 15.0 Å². The number of aromatic amines is 2. The Morgan fingerprint density at radius 1 is 1.00 bits per heavy atom. The average molecular weight is 276 g/mol. The van der Waals surface area contributed by atoms with E-state index >= 15 is 0 Å². The third kappa shape index (κ3) is 2.10. The quantitative estimate of drug-likeness (QED) is 0.537. The van der Waals surface area contributed by atoms with E-state index in [-0.39, 0.29) is 6.04 Å². The van der Waals surface area contributed by atoms with Gasteiger partial charge < -0.3 is 15.7 Å². The minimum absolute atomic E-state index is 0.142. The van der Waals surface area contributed by atoms with Crippen molar-refractivity contribution in [3.05, 3.63) is 66.1 Å². The number of H-pyrrole nitrogens is 2. The van der Waals surface area contributed by atoms with Crippen molar-refractivity contribution < 1.29 is 0 Å². The van der Waals surface area contributed by atoms with Crippen LogP contribution in [0.2, 0.25) is 0 Å². The van der Waals surface area contributed by atoms with Gasteiger partial charge in [-0.1, -0.05) is 30.3 Å². The average Bonchev–Trinajstić information content (AvgIpc) is 3.11. The molecule has 0 spiro atoms. The third-order valence-corrected chi connectivity index (χ3v) is 3.87. The topological polar surface area (TPSA) is 70.5 Å². The van der Waals surface area contributed by atoms with Crippen LogP contribution in [0.5, 0.6) is 0 Å². The molecule has 4 nitrogen and oxygen atoms in total. The van der Waals surface area contributed by atoms with E-state index in [1.807, 2.05) is 42.6 Å². The van der Waals surface area contributed by atoms with Crippen LogP contribution in [0.3, 0.4) is 0 Å². The second kappa shape index (κ2) is 4.75. The van der Waals surface area contributed by atoms with Gasteiger partial charge in [-0.05, 0) is 30.2 Å². The number of hydrogen-bond acceptors (Lipinski definition) is 2. The van der Waals surface area contributed by atoms with Gasteiger partial charge in [-0.15, -0.1) is 0 Å². The SMILES string of the molecule is N[C@@H](Cc1c[nH]c2ccccc12)c1nc2ccccc2[nH]1. The molecule has 0 saturated heterocycles. The van der Waals surface area contributed by atoms with Crippen molar-refractivity contribution in [3.8, 4) is 0 Å². The fraction of sp³-hybridized carbons (Fsp3) is 0.118. The first-order chi connectivity index (χ1) is 10.3. The lowest BCUT2D eigenvalue weighted by molar-refractivity contribution is 0.683. The van der Waals surface area contributed by atoms with Gasteiger partial charge in [0.15, 0.2) is 0 Å². The minimum Gasteiger partial charge on any atom is -0.361 e. The van der Waals surface area contributed by atoms with Gasteiger partial charge >= 0.3 is 0 Å². The fourth-order valence-electron chi connectivity index (χ4n) is 2.78. The van der Waals surface area contributed by atoms with Crippen LogP contribution in [0.1, 0.15) is 17.4 Å². The molecule has 0 unspecified atom stereocenters. The maximum absolute atomic E-state index is 6.33. The number of nitrogens with one attached hydrogen (secondary N) is 2. The van der Waals surface area contributed by atoms with Gasteiger partial charge in [0.2, 0.25) is 0 Å². The second-order valence-corrected chi connectivity index (χ2v) is 5.31. The number of hydrogen-bond donors (Lipinski definition) is 3. The largest absolute Gasteiger partial charge is 0.361 e. The molecule has 2 aromatic carbocycles. The lowest BCUT2D eigenvalue weighted by Crippen LogP contribution is -2.14. The summed E-state index contributed by atoms with van der Waals surface area (Å²) in [4.78, 5) is 11.2. The monoisotopic (exact) mass is 276 g/mol. The lowest BCUT2D eigenvalue weighted by atomic mass is 10.1. The molecular weight excluding hydrogens is 260 g/mol. The molecule has 4 N–H and O–H groups in total. The number of benzene rings is 2. The summed E-state index contributed by atoms with van der Waals surface area (Å²) in [6.45, 7) is 0. The molecule has 0 aliphatic heterocycles. The van der Waals surface area contributed by atoms with Crippen LogP contribution in [-0.2, 0) is 6.42 Å². The number of rotatable bonds is 3. The minimum atomic E-state index is -0.142. The number of aromatic nitrogens is 3. The van der Waals surface area contributed by atoms with E-state index in [0.29, 0.717) is 0 Å². The van der Waals surface area contributed by atoms with E-state index in [1.165, 1.54) is 10.9 Å². The lowest BCUT2D eigenvalue weighted by Gasteiger charge is -2.07. The highest BCUT2D eigenvalue weighted by molar-refractivity contribution is 5.83. The summed E-state index contributed by atoms with van der Waals surface area (Å²) in [5, 5.41) is 1.23. The zero-order valence-electron chi connectivity index (χ0n) is 11.5. The molecule has 0 saturated carbocycles. The molecule has 0 bridgehead atoms. The number of para-hydroxylation sites is 3. The van der Waals surface area contributed by atoms with Crippen LogP contribution in [0, 0.1) is 0 Å². The first kappa shape index (κ1) is 12.2. The summed E-state index contributed by atoms with van der Waals surface area (Å²) in [7, 11) is 0. The van der Waals surface area contributed by atoms with Crippen molar-refractivity contribution in [2.24, 2.45) is 5.73 Å². The van der Waals surface area contributed by atoms with Crippen molar-refractivity contribution in [1.29, 1.82) is 0 Å². The zero-order valence-corrected chi connectivity index (χ0v) is 11.5. The Labute approximate surface area is 122 Å². The van der Waals surface area contributed by atoms with Crippen molar-refractivity contribution in [2.45, 2.75) is 12.5 Å². The molecule has 1 atom stereocenters. The summed E-state index contributed by atoms with van der Waals surface area (Å²) < 4.78 is 0. The van der Waals surface area contributed by atoms with Crippen LogP contribution in [0.15, 0.2) is 54.7 Å². The Hall–Kier alpha value is -2.59. The predicted octanol–water partition coefficient (Wildman–Crippen LogP) is 3.29. The molecule has 4 aromatic rings. The smallest absolute Gasteiger partial charge is 0.124 e. The van der Waals surface area contributed by atoms with E-state index in [0.717, 1.165) is 28.8 Å². The molecule has 104 valence electrons. The molecule has 0 amide bonds. The Morgan fingerprint density at radius 3 is 2.62 bits per heavy atom. The van der Waals surface area contributed by atoms with Crippen molar-refractivity contribution in [3.63, 3.8) is 0 Å². The Bertz CT molecular complexity index is 870. The normalized spacial score (nSPS) is 13.0. The third-order valence-electron chi connectivity index (χ3n) is 3.87. The Morgan fingerprint density at radius 2 is 1.76 bits per heavy atom. The maximum atomic E-state index is 6.33. The molecule has 21 heavy (non-hydrogen) atoms. The summed E-state index contributed by atoms with van der Waals surface area (Å²) in [6.07, 6.45) is 2.79. The summed E-state index contributed by atoms with van der Waals surface area (Å²) in [5.74, 6) is 0.835. The summed E-state index contributed by atoms with van der Waals surface area (Å²) in [6, 6.07) is 16.1. The number of nitrogens with zero attached hydrogens (tertiary/aromatic N) is 1. The van der Waals surface area contributed by atoms with Gasteiger partial charge in [0.05, 0.1) is 17.1 Å². The van der Waals surface area contributed by atoms with Gasteiger partial charge in [0, 0.05) is 17.1 Å². The van der Waals surface area contributed by atoms with Gasteiger partial charge in [0.25, 0.3) is 0 Å². The molecule has 0 radical (unpaired) electrons. The van der Waals surface area contributed by atoms with Crippen molar-refractivity contribution in [2.75, 3.05) is 0 Å². The zero-order chi connectivity index (χ0) is 14.2. The highest BCUT2D eigenvalue weighted by Crippen LogP contribution is 2.23. The van der Waals surface area contributed by atoms with Gasteiger partial charge in [-0.25, -0.2) is 4.98 Å². The number of nitrogens with two attached hydrogens (primary N) is 1. The molecule has 0 aliphatic rings. The predicted molar refractivity (Wildman–Crippen MR) is 85.0 cm³/mol. The van der Waals surface area contributed by atoms with E-state index in [4.69, 9.17) is 5.73 Å². The fourth-order valence-corrected chi connectivity index (χ4v) is 2.78. The van der Waals surface area contributed by atoms with Crippen LogP contribution in [0.25, 0.3) is 21.9 Å². The Kier molecular flexibility index (Phi) is 2.75. The van der Waals surface area contributed by atoms with Gasteiger partial charge in [-0.2, -0.15) is 0 Å². The Balaban J connectivity index is 1.67. The van der Waals surface area contributed by atoms with Crippen LogP contribution in [0.4, 0.5) is 0 Å². The molecule has 4 heteroatoms. The first-order valence-electron chi connectivity index (χ1n) is 7.06. The first-order valence-corrected chi connectivity index (χ1v) is 7.06. The molecule has 2 heterocycles. The summed E-state index contributed by atoms with van der Waals surface area (Å²) >= 11 is 0. The highest BCUT2D eigenvalue weighted by Gasteiger charge is 2.14. The van der Waals surface area contributed by atoms with E-state index in [2.05, 4.69) is 27.1 Å². The number of imidazole rings is 1. The van der Waals surface area contributed by atoms with E-state index in [1.54, 1.807) is 0 Å². The molecule has 2 aromatic heterocycles. The molecular formula is C17H16N4. The van der Waals surface area contributed by atoms with Gasteiger partial charge in [0.1, 0.15) is 5.82 Å². The number of fused-ring (bicyclic) bond motifs is 2. The van der Waals surface area contributed by atoms with Crippen molar-refractivity contribution >= 4 is 21.9 Å². The molecule has 4 rings (SSSR count). The molecule has 0 aliphatic carbocycles. The van der Waals surface area contributed by atoms with Crippen LogP contribution >= 0.6 is 0 Å². The molecule has 0 fully saturated rings. The highest BCUT2D eigenvalue weighted by atomic mass is 15.0. The summed E-state index contributed by atoms with van der Waals surface area (Å²) in [5.41, 5.74) is 10.7. The van der Waals surface area contributed by atoms with E-state index < -0.39 is 0 Å². The maximum Gasteiger partial charge on any atom is 0.124 e. The van der Waals surface area contributed by atoms with Gasteiger partial charge in [-0.3, -0.25) is 0 Å². The van der Waals surface area contributed by atoms with Crippen molar-refractivity contribution in [1.82, 2.24) is 15.0 Å². The van der Waals surface area contributed by atoms with Crippen LogP contribution < -0.4 is 5.73 Å². The second-order valence-electron chi connectivity index (χ2n) is 5.31. The van der Waals surface area contributed by atoms with E-state index in [9.17, 15) is 0 Å².